The van der Waals surface area contributed by atoms with Gasteiger partial charge in [0.25, 0.3) is 0 Å². The van der Waals surface area contributed by atoms with Crippen molar-refractivity contribution in [3.05, 3.63) is 102 Å². The summed E-state index contributed by atoms with van der Waals surface area (Å²) in [6, 6.07) is 27.8. The molecule has 1 saturated heterocycles. The van der Waals surface area contributed by atoms with E-state index in [2.05, 4.69) is 43.0 Å². The van der Waals surface area contributed by atoms with Crippen LogP contribution in [0.25, 0.3) is 0 Å². The Morgan fingerprint density at radius 1 is 0.824 bits per heavy atom. The molecule has 6 nitrogen and oxygen atoms in total. The zero-order valence-electron chi connectivity index (χ0n) is 19.8. The van der Waals surface area contributed by atoms with Gasteiger partial charge in [-0.25, -0.2) is 4.79 Å². The third-order valence-electron chi connectivity index (χ3n) is 6.46. The lowest BCUT2D eigenvalue weighted by atomic mass is 10.1. The Hall–Kier alpha value is -3.64. The highest BCUT2D eigenvalue weighted by Crippen LogP contribution is 2.24. The third-order valence-corrected chi connectivity index (χ3v) is 6.46. The van der Waals surface area contributed by atoms with Crippen LogP contribution in [0.4, 0.5) is 10.5 Å². The number of anilines is 1. The molecule has 0 aliphatic carbocycles. The van der Waals surface area contributed by atoms with Crippen molar-refractivity contribution in [2.24, 2.45) is 5.73 Å². The van der Waals surface area contributed by atoms with E-state index in [9.17, 15) is 9.59 Å². The molecule has 2 N–H and O–H groups in total. The van der Waals surface area contributed by atoms with Crippen LogP contribution < -0.4 is 10.6 Å². The molecule has 0 radical (unpaired) electrons. The Morgan fingerprint density at radius 2 is 1.38 bits per heavy atom. The zero-order chi connectivity index (χ0) is 24.1. The Balaban J connectivity index is 1.51. The largest absolute Gasteiger partial charge is 0.366 e. The first kappa shape index (κ1) is 23.5. The summed E-state index contributed by atoms with van der Waals surface area (Å²) >= 11 is 0. The first-order chi connectivity index (χ1) is 16.4. The highest BCUT2D eigenvalue weighted by molar-refractivity contribution is 5.93. The minimum absolute atomic E-state index is 0.0109. The lowest BCUT2D eigenvalue weighted by Crippen LogP contribution is -2.59. The number of hydrogen-bond acceptors (Lipinski definition) is 3. The van der Waals surface area contributed by atoms with E-state index in [1.54, 1.807) is 12.1 Å². The summed E-state index contributed by atoms with van der Waals surface area (Å²) in [6.45, 7) is 7.00. The molecule has 0 saturated carbocycles. The van der Waals surface area contributed by atoms with Crippen LogP contribution in [0.1, 0.15) is 35.3 Å². The summed E-state index contributed by atoms with van der Waals surface area (Å²) in [5.74, 6) is -0.459. The maximum absolute atomic E-state index is 13.8. The van der Waals surface area contributed by atoms with Crippen molar-refractivity contribution in [1.29, 1.82) is 0 Å². The van der Waals surface area contributed by atoms with E-state index >= 15 is 0 Å². The topological polar surface area (TPSA) is 69.9 Å². The van der Waals surface area contributed by atoms with Crippen molar-refractivity contribution in [2.45, 2.75) is 39.0 Å². The predicted molar refractivity (Wildman–Crippen MR) is 135 cm³/mol. The first-order valence-electron chi connectivity index (χ1n) is 11.7. The Bertz CT molecular complexity index is 1090. The van der Waals surface area contributed by atoms with Crippen molar-refractivity contribution >= 4 is 17.6 Å². The summed E-state index contributed by atoms with van der Waals surface area (Å²) in [6.07, 6.45) is 0. The van der Waals surface area contributed by atoms with Gasteiger partial charge in [0.15, 0.2) is 0 Å². The second kappa shape index (κ2) is 10.5. The van der Waals surface area contributed by atoms with Gasteiger partial charge in [-0.15, -0.1) is 0 Å². The van der Waals surface area contributed by atoms with Crippen LogP contribution in [0.2, 0.25) is 0 Å². The van der Waals surface area contributed by atoms with Crippen molar-refractivity contribution in [2.75, 3.05) is 18.0 Å². The summed E-state index contributed by atoms with van der Waals surface area (Å²) in [5.41, 5.74) is 8.90. The molecule has 1 aliphatic rings. The van der Waals surface area contributed by atoms with E-state index in [-0.39, 0.29) is 18.1 Å². The lowest BCUT2D eigenvalue weighted by molar-refractivity contribution is 0.0508. The molecule has 0 spiro atoms. The van der Waals surface area contributed by atoms with Gasteiger partial charge in [0.2, 0.25) is 5.91 Å². The molecular formula is C28H32N4O2. The van der Waals surface area contributed by atoms with Gasteiger partial charge in [-0.05, 0) is 49.2 Å². The van der Waals surface area contributed by atoms with Crippen LogP contribution in [0.3, 0.4) is 0 Å². The first-order valence-corrected chi connectivity index (χ1v) is 11.7. The van der Waals surface area contributed by atoms with E-state index in [4.69, 9.17) is 5.73 Å². The number of hydrogen-bond donors (Lipinski definition) is 1. The normalized spacial score (nSPS) is 18.5. The molecule has 176 valence electrons. The number of carbonyl (C=O) groups is 2. The fourth-order valence-corrected chi connectivity index (χ4v) is 4.62. The monoisotopic (exact) mass is 456 g/mol. The molecule has 4 rings (SSSR count). The van der Waals surface area contributed by atoms with Crippen molar-refractivity contribution in [3.8, 4) is 0 Å². The van der Waals surface area contributed by atoms with Crippen molar-refractivity contribution in [3.63, 3.8) is 0 Å². The van der Waals surface area contributed by atoms with Crippen LogP contribution in [0, 0.1) is 0 Å². The van der Waals surface area contributed by atoms with Gasteiger partial charge in [-0.2, -0.15) is 0 Å². The van der Waals surface area contributed by atoms with Gasteiger partial charge in [0, 0.05) is 43.0 Å². The van der Waals surface area contributed by atoms with Crippen LogP contribution >= 0.6 is 0 Å². The predicted octanol–water partition coefficient (Wildman–Crippen LogP) is 4.51. The van der Waals surface area contributed by atoms with Gasteiger partial charge in [0.1, 0.15) is 0 Å². The average Bonchev–Trinajstić information content (AvgIpc) is 2.85. The van der Waals surface area contributed by atoms with Gasteiger partial charge >= 0.3 is 6.03 Å². The number of para-hydroxylation sites is 1. The Morgan fingerprint density at radius 3 is 1.94 bits per heavy atom. The minimum atomic E-state index is -0.459. The number of carbonyl (C=O) groups excluding carboxylic acids is 2. The van der Waals surface area contributed by atoms with Gasteiger partial charge in [-0.3, -0.25) is 14.6 Å². The van der Waals surface area contributed by atoms with Crippen LogP contribution in [-0.4, -0.2) is 46.9 Å². The van der Waals surface area contributed by atoms with Crippen LogP contribution in [-0.2, 0) is 13.1 Å². The molecule has 34 heavy (non-hydrogen) atoms. The summed E-state index contributed by atoms with van der Waals surface area (Å²) < 4.78 is 0. The molecule has 3 aromatic carbocycles. The Labute approximate surface area is 201 Å². The van der Waals surface area contributed by atoms with Crippen molar-refractivity contribution < 1.29 is 9.59 Å². The number of rotatable bonds is 6. The SMILES string of the molecule is C[C@@H]1CN(C(=O)N(Cc2ccc(C(N)=O)cc2)c2ccccc2)C[C@H](C)N1Cc1ccccc1. The second-order valence-electron chi connectivity index (χ2n) is 9.03. The average molecular weight is 457 g/mol. The number of primary amides is 1. The fraction of sp³-hybridized carbons (Fsp3) is 0.286. The molecule has 1 fully saturated rings. The number of nitrogens with zero attached hydrogens (tertiary/aromatic N) is 3. The van der Waals surface area contributed by atoms with E-state index in [1.807, 2.05) is 58.3 Å². The molecule has 1 aliphatic heterocycles. The fourth-order valence-electron chi connectivity index (χ4n) is 4.62. The highest BCUT2D eigenvalue weighted by atomic mass is 16.2. The number of benzene rings is 3. The van der Waals surface area contributed by atoms with E-state index < -0.39 is 5.91 Å². The van der Waals surface area contributed by atoms with E-state index in [1.165, 1.54) is 5.56 Å². The molecular weight excluding hydrogens is 424 g/mol. The van der Waals surface area contributed by atoms with Gasteiger partial charge in [-0.1, -0.05) is 60.7 Å². The second-order valence-corrected chi connectivity index (χ2v) is 9.03. The molecule has 2 atom stereocenters. The molecule has 0 unspecified atom stereocenters. The summed E-state index contributed by atoms with van der Waals surface area (Å²) in [4.78, 5) is 31.5. The highest BCUT2D eigenvalue weighted by Gasteiger charge is 2.34. The molecule has 3 aromatic rings. The van der Waals surface area contributed by atoms with Gasteiger partial charge in [0.05, 0.1) is 6.54 Å². The maximum Gasteiger partial charge on any atom is 0.324 e. The molecule has 0 aromatic heterocycles. The molecule has 3 amide bonds. The minimum Gasteiger partial charge on any atom is -0.366 e. The number of nitrogens with two attached hydrogens (primary N) is 1. The number of amides is 3. The lowest BCUT2D eigenvalue weighted by Gasteiger charge is -2.45. The number of piperazine rings is 1. The van der Waals surface area contributed by atoms with Gasteiger partial charge < -0.3 is 10.6 Å². The summed E-state index contributed by atoms with van der Waals surface area (Å²) in [7, 11) is 0. The summed E-state index contributed by atoms with van der Waals surface area (Å²) in [5, 5.41) is 0. The third kappa shape index (κ3) is 5.46. The zero-order valence-corrected chi connectivity index (χ0v) is 19.8. The molecule has 1 heterocycles. The van der Waals surface area contributed by atoms with E-state index in [0.29, 0.717) is 25.2 Å². The maximum atomic E-state index is 13.8. The van der Waals surface area contributed by atoms with E-state index in [0.717, 1.165) is 17.8 Å². The standard InChI is InChI=1S/C28H32N4O2/c1-21-17-30(18-22(2)31(21)19-23-9-5-3-6-10-23)28(34)32(26-11-7-4-8-12-26)20-24-13-15-25(16-14-24)27(29)33/h3-16,21-22H,17-20H2,1-2H3,(H2,29,33)/t21-,22+. The quantitative estimate of drug-likeness (QED) is 0.593. The van der Waals surface area contributed by atoms with Crippen molar-refractivity contribution in [1.82, 2.24) is 9.80 Å². The van der Waals surface area contributed by atoms with Crippen LogP contribution in [0.15, 0.2) is 84.9 Å². The smallest absolute Gasteiger partial charge is 0.324 e. The Kier molecular flexibility index (Phi) is 7.28. The van der Waals surface area contributed by atoms with Crippen LogP contribution in [0.5, 0.6) is 0 Å². The number of urea groups is 1. The molecule has 6 heteroatoms. The molecule has 0 bridgehead atoms.